The van der Waals surface area contributed by atoms with Crippen molar-refractivity contribution in [3.63, 3.8) is 0 Å². The third-order valence-corrected chi connectivity index (χ3v) is 8.03. The highest BCUT2D eigenvalue weighted by Crippen LogP contribution is 2.43. The van der Waals surface area contributed by atoms with Gasteiger partial charge in [0.15, 0.2) is 0 Å². The summed E-state index contributed by atoms with van der Waals surface area (Å²) in [6, 6.07) is 51.9. The molecule has 0 spiro atoms. The highest BCUT2D eigenvalue weighted by molar-refractivity contribution is 6.21. The third kappa shape index (κ3) is 3.92. The lowest BCUT2D eigenvalue weighted by atomic mass is 9.86. The summed E-state index contributed by atoms with van der Waals surface area (Å²) >= 11 is 0. The van der Waals surface area contributed by atoms with Gasteiger partial charge in [-0.05, 0) is 61.5 Å². The molecule has 2 heterocycles. The topological polar surface area (TPSA) is 17.3 Å². The predicted molar refractivity (Wildman–Crippen MR) is 172 cm³/mol. The molecule has 2 nitrogen and oxygen atoms in total. The Kier molecular flexibility index (Phi) is 5.49. The number of aromatic nitrogens is 2. The zero-order chi connectivity index (χ0) is 27.2. The van der Waals surface area contributed by atoms with Crippen LogP contribution in [0.5, 0.6) is 0 Å². The van der Waals surface area contributed by atoms with Gasteiger partial charge in [-0.25, -0.2) is 4.98 Å². The fourth-order valence-corrected chi connectivity index (χ4v) is 6.16. The summed E-state index contributed by atoms with van der Waals surface area (Å²) in [6.45, 7) is 0. The summed E-state index contributed by atoms with van der Waals surface area (Å²) in [5, 5.41) is 5.06. The van der Waals surface area contributed by atoms with Crippen LogP contribution in [-0.4, -0.2) is 9.38 Å². The molecule has 0 saturated carbocycles. The van der Waals surface area contributed by atoms with Gasteiger partial charge < -0.3 is 4.40 Å². The van der Waals surface area contributed by atoms with Crippen LogP contribution in [0, 0.1) is 0 Å². The van der Waals surface area contributed by atoms with Gasteiger partial charge in [0.1, 0.15) is 5.65 Å². The van der Waals surface area contributed by atoms with Gasteiger partial charge >= 0.3 is 0 Å². The second-order valence-electron chi connectivity index (χ2n) is 10.4. The Hall–Kier alpha value is -5.47. The maximum Gasteiger partial charge on any atom is 0.145 e. The van der Waals surface area contributed by atoms with E-state index in [9.17, 15) is 0 Å². The fraction of sp³-hybridized carbons (Fsp3) is 0. The van der Waals surface area contributed by atoms with Gasteiger partial charge in [-0.3, -0.25) is 0 Å². The van der Waals surface area contributed by atoms with Crippen LogP contribution in [0.25, 0.3) is 71.8 Å². The summed E-state index contributed by atoms with van der Waals surface area (Å²) in [6.07, 6.45) is 4.19. The zero-order valence-corrected chi connectivity index (χ0v) is 22.4. The van der Waals surface area contributed by atoms with Gasteiger partial charge in [0.2, 0.25) is 0 Å². The molecule has 8 rings (SSSR count). The first-order valence-electron chi connectivity index (χ1n) is 14.0. The van der Waals surface area contributed by atoms with Crippen LogP contribution in [0.2, 0.25) is 0 Å². The molecular formula is C39H26N2. The lowest BCUT2D eigenvalue weighted by Gasteiger charge is -2.17. The highest BCUT2D eigenvalue weighted by atomic mass is 15.0. The van der Waals surface area contributed by atoms with Crippen LogP contribution < -0.4 is 0 Å². The van der Waals surface area contributed by atoms with E-state index in [2.05, 4.69) is 156 Å². The lowest BCUT2D eigenvalue weighted by molar-refractivity contribution is 1.19. The number of fused-ring (bicyclic) bond motifs is 3. The smallest absolute Gasteiger partial charge is 0.145 e. The van der Waals surface area contributed by atoms with Crippen molar-refractivity contribution in [2.45, 2.75) is 0 Å². The van der Waals surface area contributed by atoms with Crippen LogP contribution in [0.1, 0.15) is 0 Å². The van der Waals surface area contributed by atoms with Gasteiger partial charge in [0.25, 0.3) is 0 Å². The Morgan fingerprint density at radius 1 is 0.390 bits per heavy atom. The Balaban J connectivity index is 1.28. The van der Waals surface area contributed by atoms with Gasteiger partial charge in [0.05, 0.1) is 5.69 Å². The standard InChI is InChI=1S/C39H26N2/c1-3-12-27(13-4-1)31-20-11-25-41-26-36(40-39(31)41)28-21-23-30(24-22-28)38-34-18-9-7-16-32(34)37(29-14-5-2-6-15-29)33-17-8-10-19-35(33)38/h1-26H. The predicted octanol–water partition coefficient (Wildman–Crippen LogP) is 10.3. The second kappa shape index (κ2) is 9.62. The Morgan fingerprint density at radius 2 is 0.854 bits per heavy atom. The molecule has 0 aliphatic carbocycles. The minimum Gasteiger partial charge on any atom is -0.306 e. The molecule has 2 aromatic heterocycles. The SMILES string of the molecule is c1ccc(-c2c3ccccc3c(-c3ccc(-c4cn5cccc(-c6ccccc6)c5n4)cc3)c3ccccc23)cc1. The van der Waals surface area contributed by atoms with E-state index in [1.165, 1.54) is 49.4 Å². The number of hydrogen-bond donors (Lipinski definition) is 0. The number of pyridine rings is 1. The van der Waals surface area contributed by atoms with E-state index in [1.54, 1.807) is 0 Å². The Bertz CT molecular complexity index is 2120. The summed E-state index contributed by atoms with van der Waals surface area (Å²) in [4.78, 5) is 5.07. The molecule has 0 unspecified atom stereocenters. The molecule has 0 N–H and O–H groups in total. The largest absolute Gasteiger partial charge is 0.306 e. The van der Waals surface area contributed by atoms with Gasteiger partial charge in [-0.15, -0.1) is 0 Å². The molecular weight excluding hydrogens is 496 g/mol. The van der Waals surface area contributed by atoms with Crippen LogP contribution >= 0.6 is 0 Å². The van der Waals surface area contributed by atoms with Crippen molar-refractivity contribution < 1.29 is 0 Å². The van der Waals surface area contributed by atoms with Crippen molar-refractivity contribution in [3.05, 3.63) is 158 Å². The highest BCUT2D eigenvalue weighted by Gasteiger charge is 2.16. The molecule has 0 aliphatic heterocycles. The molecule has 41 heavy (non-hydrogen) atoms. The average molecular weight is 523 g/mol. The maximum absolute atomic E-state index is 5.07. The van der Waals surface area contributed by atoms with E-state index in [4.69, 9.17) is 4.98 Å². The van der Waals surface area contributed by atoms with Crippen molar-refractivity contribution >= 4 is 27.2 Å². The van der Waals surface area contributed by atoms with Crippen molar-refractivity contribution in [1.29, 1.82) is 0 Å². The first-order chi connectivity index (χ1) is 20.3. The molecule has 0 fully saturated rings. The molecule has 0 saturated heterocycles. The van der Waals surface area contributed by atoms with Gasteiger partial charge in [-0.1, -0.05) is 133 Å². The normalized spacial score (nSPS) is 11.4. The van der Waals surface area contributed by atoms with E-state index >= 15 is 0 Å². The van der Waals surface area contributed by atoms with Crippen LogP contribution in [-0.2, 0) is 0 Å². The van der Waals surface area contributed by atoms with Crippen molar-refractivity contribution in [1.82, 2.24) is 9.38 Å². The molecule has 0 amide bonds. The summed E-state index contributed by atoms with van der Waals surface area (Å²) in [5.41, 5.74) is 10.3. The zero-order valence-electron chi connectivity index (χ0n) is 22.4. The monoisotopic (exact) mass is 522 g/mol. The minimum atomic E-state index is 0.964. The summed E-state index contributed by atoms with van der Waals surface area (Å²) in [5.74, 6) is 0. The average Bonchev–Trinajstić information content (AvgIpc) is 3.49. The quantitative estimate of drug-likeness (QED) is 0.210. The van der Waals surface area contributed by atoms with E-state index < -0.39 is 0 Å². The van der Waals surface area contributed by atoms with Crippen molar-refractivity contribution in [2.24, 2.45) is 0 Å². The van der Waals surface area contributed by atoms with E-state index in [1.807, 2.05) is 6.07 Å². The molecule has 0 bridgehead atoms. The summed E-state index contributed by atoms with van der Waals surface area (Å²) in [7, 11) is 0. The first-order valence-corrected chi connectivity index (χ1v) is 14.0. The third-order valence-electron chi connectivity index (χ3n) is 8.03. The Labute approximate surface area is 238 Å². The fourth-order valence-electron chi connectivity index (χ4n) is 6.16. The van der Waals surface area contributed by atoms with Crippen LogP contribution in [0.4, 0.5) is 0 Å². The summed E-state index contributed by atoms with van der Waals surface area (Å²) < 4.78 is 2.12. The number of rotatable bonds is 4. The number of nitrogens with zero attached hydrogens (tertiary/aromatic N) is 2. The maximum atomic E-state index is 5.07. The molecule has 8 aromatic rings. The number of imidazole rings is 1. The molecule has 192 valence electrons. The number of benzene rings is 6. The van der Waals surface area contributed by atoms with E-state index in [0.717, 1.165) is 22.5 Å². The van der Waals surface area contributed by atoms with Crippen molar-refractivity contribution in [3.8, 4) is 44.6 Å². The van der Waals surface area contributed by atoms with Gasteiger partial charge in [-0.2, -0.15) is 0 Å². The van der Waals surface area contributed by atoms with E-state index in [0.29, 0.717) is 0 Å². The molecule has 0 radical (unpaired) electrons. The van der Waals surface area contributed by atoms with Crippen LogP contribution in [0.15, 0.2) is 158 Å². The minimum absolute atomic E-state index is 0.964. The molecule has 6 aromatic carbocycles. The number of hydrogen-bond acceptors (Lipinski definition) is 1. The first kappa shape index (κ1) is 23.4. The molecule has 2 heteroatoms. The molecule has 0 atom stereocenters. The van der Waals surface area contributed by atoms with Crippen LogP contribution in [0.3, 0.4) is 0 Å². The van der Waals surface area contributed by atoms with E-state index in [-0.39, 0.29) is 0 Å². The second-order valence-corrected chi connectivity index (χ2v) is 10.4. The lowest BCUT2D eigenvalue weighted by Crippen LogP contribution is -1.90. The van der Waals surface area contributed by atoms with Gasteiger partial charge in [0, 0.05) is 23.5 Å². The van der Waals surface area contributed by atoms with Crippen molar-refractivity contribution in [2.75, 3.05) is 0 Å². The Morgan fingerprint density at radius 3 is 1.41 bits per heavy atom. The molecule has 0 aliphatic rings.